The van der Waals surface area contributed by atoms with Crippen molar-refractivity contribution in [2.24, 2.45) is 16.5 Å². The zero-order chi connectivity index (χ0) is 14.7. The lowest BCUT2D eigenvalue weighted by Gasteiger charge is -2.19. The van der Waals surface area contributed by atoms with E-state index in [1.54, 1.807) is 0 Å². The summed E-state index contributed by atoms with van der Waals surface area (Å²) < 4.78 is 0. The summed E-state index contributed by atoms with van der Waals surface area (Å²) in [7, 11) is 0. The molecule has 0 bridgehead atoms. The summed E-state index contributed by atoms with van der Waals surface area (Å²) in [4.78, 5) is 16.7. The van der Waals surface area contributed by atoms with Gasteiger partial charge in [-0.25, -0.2) is 0 Å². The van der Waals surface area contributed by atoms with Crippen LogP contribution in [0.5, 0.6) is 0 Å². The molecule has 0 aliphatic heterocycles. The second kappa shape index (κ2) is 9.74. The molecular weight excluding hydrogens is 266 g/mol. The van der Waals surface area contributed by atoms with Gasteiger partial charge in [-0.05, 0) is 0 Å². The Bertz CT molecular complexity index is 412. The molecule has 8 nitrogen and oxygen atoms in total. The molecule has 0 atom stereocenters. The summed E-state index contributed by atoms with van der Waals surface area (Å²) >= 11 is 0.887. The van der Waals surface area contributed by atoms with Crippen LogP contribution in [0.4, 0.5) is 0 Å². The highest BCUT2D eigenvalue weighted by Crippen LogP contribution is 2.06. The van der Waals surface area contributed by atoms with Crippen molar-refractivity contribution in [3.8, 4) is 12.1 Å². The molecule has 0 aromatic rings. The number of amidine groups is 1. The first-order valence-electron chi connectivity index (χ1n) is 5.34. The van der Waals surface area contributed by atoms with Gasteiger partial charge in [0.15, 0.2) is 11.1 Å². The number of nitrogens with one attached hydrogen (secondary N) is 1. The van der Waals surface area contributed by atoms with Gasteiger partial charge in [0.1, 0.15) is 0 Å². The number of thioether (sulfide) groups is 1. The first-order chi connectivity index (χ1) is 9.01. The molecule has 0 spiro atoms. The van der Waals surface area contributed by atoms with Crippen molar-refractivity contribution in [1.29, 1.82) is 15.9 Å². The summed E-state index contributed by atoms with van der Waals surface area (Å²) in [5.41, 5.74) is 10.2. The van der Waals surface area contributed by atoms with Gasteiger partial charge in [-0.15, -0.1) is 0 Å². The highest BCUT2D eigenvalue weighted by atomic mass is 32.2. The second-order valence-electron chi connectivity index (χ2n) is 3.33. The second-order valence-corrected chi connectivity index (χ2v) is 4.29. The molecule has 0 unspecified atom stereocenters. The van der Waals surface area contributed by atoms with Crippen molar-refractivity contribution in [3.63, 3.8) is 0 Å². The van der Waals surface area contributed by atoms with Crippen molar-refractivity contribution in [3.05, 3.63) is 0 Å². The number of nitrogens with two attached hydrogens (primary N) is 2. The monoisotopic (exact) mass is 281 g/mol. The van der Waals surface area contributed by atoms with Crippen molar-refractivity contribution in [2.75, 3.05) is 18.8 Å². The molecule has 0 saturated carbocycles. The number of nitriles is 2. The Morgan fingerprint density at radius 1 is 1.26 bits per heavy atom. The van der Waals surface area contributed by atoms with Crippen molar-refractivity contribution < 1.29 is 4.79 Å². The zero-order valence-electron chi connectivity index (χ0n) is 10.3. The first-order valence-corrected chi connectivity index (χ1v) is 6.32. The van der Waals surface area contributed by atoms with Crippen LogP contribution in [-0.2, 0) is 4.79 Å². The normalized spacial score (nSPS) is 8.95. The summed E-state index contributed by atoms with van der Waals surface area (Å²) in [5, 5.41) is 24.2. The van der Waals surface area contributed by atoms with Crippen LogP contribution in [0.1, 0.15) is 12.8 Å². The third kappa shape index (κ3) is 8.46. The minimum absolute atomic E-state index is 0.00747. The minimum atomic E-state index is -0.258. The van der Waals surface area contributed by atoms with Gasteiger partial charge in [-0.2, -0.15) is 15.5 Å². The van der Waals surface area contributed by atoms with Crippen LogP contribution in [0.2, 0.25) is 0 Å². The Kier molecular flexibility index (Phi) is 8.58. The van der Waals surface area contributed by atoms with E-state index in [1.165, 1.54) is 4.90 Å². The van der Waals surface area contributed by atoms with E-state index in [1.807, 2.05) is 12.1 Å². The molecule has 0 saturated heterocycles. The first kappa shape index (κ1) is 16.7. The van der Waals surface area contributed by atoms with Gasteiger partial charge in [0.2, 0.25) is 5.91 Å². The van der Waals surface area contributed by atoms with E-state index in [0.717, 1.165) is 11.8 Å². The molecule has 19 heavy (non-hydrogen) atoms. The number of hydrogen-bond acceptors (Lipinski definition) is 5. The van der Waals surface area contributed by atoms with Crippen LogP contribution in [0.25, 0.3) is 0 Å². The van der Waals surface area contributed by atoms with Gasteiger partial charge in [0.25, 0.3) is 0 Å². The maximum Gasteiger partial charge on any atom is 0.233 e. The van der Waals surface area contributed by atoms with Gasteiger partial charge in [0.05, 0.1) is 30.7 Å². The molecule has 0 aromatic carbocycles. The van der Waals surface area contributed by atoms with Crippen LogP contribution < -0.4 is 11.5 Å². The fraction of sp³-hybridized carbons (Fsp3) is 0.500. The average molecular weight is 281 g/mol. The largest absolute Gasteiger partial charge is 0.370 e. The molecule has 0 aliphatic carbocycles. The SMILES string of the molecule is N#CCCN(CCC#N)C(=O)CSC(=N)N=C(N)N. The van der Waals surface area contributed by atoms with Crippen LogP contribution in [0.15, 0.2) is 4.99 Å². The Morgan fingerprint density at radius 2 is 1.79 bits per heavy atom. The summed E-state index contributed by atoms with van der Waals surface area (Å²) in [6, 6.07) is 3.88. The lowest BCUT2D eigenvalue weighted by atomic mass is 10.3. The van der Waals surface area contributed by atoms with Crippen molar-refractivity contribution in [2.45, 2.75) is 12.8 Å². The molecule has 0 heterocycles. The zero-order valence-corrected chi connectivity index (χ0v) is 11.1. The third-order valence-corrected chi connectivity index (χ3v) is 2.66. The number of carbonyl (C=O) groups is 1. The molecule has 5 N–H and O–H groups in total. The number of rotatable bonds is 6. The van der Waals surface area contributed by atoms with Gasteiger partial charge < -0.3 is 16.4 Å². The summed E-state index contributed by atoms with van der Waals surface area (Å²) in [6.45, 7) is 0.542. The molecule has 0 aromatic heterocycles. The Hall–Kier alpha value is -2.26. The molecule has 9 heteroatoms. The Labute approximate surface area is 115 Å². The lowest BCUT2D eigenvalue weighted by Crippen LogP contribution is -2.34. The van der Waals surface area contributed by atoms with Crippen LogP contribution in [0.3, 0.4) is 0 Å². The molecule has 0 radical (unpaired) electrons. The predicted octanol–water partition coefficient (Wildman–Crippen LogP) is -0.416. The Balaban J connectivity index is 4.32. The fourth-order valence-corrected chi connectivity index (χ4v) is 1.71. The fourth-order valence-electron chi connectivity index (χ4n) is 1.10. The van der Waals surface area contributed by atoms with E-state index in [4.69, 9.17) is 27.4 Å². The number of nitrogens with zero attached hydrogens (tertiary/aromatic N) is 4. The van der Waals surface area contributed by atoms with E-state index in [9.17, 15) is 4.79 Å². The van der Waals surface area contributed by atoms with Gasteiger partial charge in [0, 0.05) is 13.1 Å². The topological polar surface area (TPSA) is 156 Å². The highest BCUT2D eigenvalue weighted by Gasteiger charge is 2.13. The average Bonchev–Trinajstić information content (AvgIpc) is 2.35. The maximum absolute atomic E-state index is 11.8. The smallest absolute Gasteiger partial charge is 0.233 e. The molecule has 0 rings (SSSR count). The number of amides is 1. The number of carbonyl (C=O) groups excluding carboxylic acids is 1. The van der Waals surface area contributed by atoms with E-state index < -0.39 is 0 Å². The van der Waals surface area contributed by atoms with Crippen LogP contribution >= 0.6 is 11.8 Å². The molecular formula is C10H15N7OS. The van der Waals surface area contributed by atoms with E-state index in [0.29, 0.717) is 0 Å². The number of guanidine groups is 1. The number of aliphatic imine (C=N–C) groups is 1. The molecule has 102 valence electrons. The minimum Gasteiger partial charge on any atom is -0.370 e. The lowest BCUT2D eigenvalue weighted by molar-refractivity contribution is -0.128. The van der Waals surface area contributed by atoms with E-state index in [2.05, 4.69) is 4.99 Å². The van der Waals surface area contributed by atoms with Crippen molar-refractivity contribution in [1.82, 2.24) is 4.90 Å². The number of hydrogen-bond donors (Lipinski definition) is 3. The van der Waals surface area contributed by atoms with Crippen LogP contribution in [-0.4, -0.2) is 40.8 Å². The predicted molar refractivity (Wildman–Crippen MR) is 73.0 cm³/mol. The van der Waals surface area contributed by atoms with Gasteiger partial charge in [-0.1, -0.05) is 11.8 Å². The maximum atomic E-state index is 11.8. The molecule has 0 fully saturated rings. The highest BCUT2D eigenvalue weighted by molar-refractivity contribution is 8.14. The van der Waals surface area contributed by atoms with E-state index >= 15 is 0 Å². The summed E-state index contributed by atoms with van der Waals surface area (Å²) in [6.07, 6.45) is 0.403. The van der Waals surface area contributed by atoms with E-state index in [-0.39, 0.29) is 48.7 Å². The quantitative estimate of drug-likeness (QED) is 0.443. The third-order valence-electron chi connectivity index (χ3n) is 1.90. The molecule has 1 amide bonds. The van der Waals surface area contributed by atoms with Crippen molar-refractivity contribution >= 4 is 28.8 Å². The van der Waals surface area contributed by atoms with Crippen LogP contribution in [0, 0.1) is 28.1 Å². The van der Waals surface area contributed by atoms with Gasteiger partial charge in [-0.3, -0.25) is 10.2 Å². The summed E-state index contributed by atoms with van der Waals surface area (Å²) in [5.74, 6) is -0.506. The molecule has 0 aliphatic rings. The Morgan fingerprint density at radius 3 is 2.21 bits per heavy atom. The van der Waals surface area contributed by atoms with Gasteiger partial charge >= 0.3 is 0 Å². The standard InChI is InChI=1S/C10H15N7OS/c11-3-1-5-17(6-2-4-12)8(18)7-19-10(15)16-9(13)14/h1-2,5-7H2,(H5,13,14,15,16).